The number of carbonyl (C=O) groups is 1. The molecular formula is C19H25F3N4O3. The molecule has 7 nitrogen and oxygen atoms in total. The van der Waals surface area contributed by atoms with Gasteiger partial charge in [0.25, 0.3) is 5.91 Å². The Morgan fingerprint density at radius 2 is 1.97 bits per heavy atom. The summed E-state index contributed by atoms with van der Waals surface area (Å²) in [6, 6.07) is 3.43. The molecule has 5 N–H and O–H groups in total. The lowest BCUT2D eigenvalue weighted by atomic mass is 10.2. The molecule has 29 heavy (non-hydrogen) atoms. The van der Waals surface area contributed by atoms with Crippen molar-refractivity contribution >= 4 is 11.9 Å². The van der Waals surface area contributed by atoms with Crippen LogP contribution in [-0.4, -0.2) is 43.3 Å². The van der Waals surface area contributed by atoms with Crippen molar-refractivity contribution in [3.05, 3.63) is 58.6 Å². The summed E-state index contributed by atoms with van der Waals surface area (Å²) in [5, 5.41) is 23.9. The number of benzene rings is 1. The number of aliphatic hydroxyl groups is 1. The highest BCUT2D eigenvalue weighted by Crippen LogP contribution is 2.09. The first-order valence-corrected chi connectivity index (χ1v) is 8.83. The predicted octanol–water partition coefficient (Wildman–Crippen LogP) is 1.85. The van der Waals surface area contributed by atoms with Crippen LogP contribution >= 0.6 is 0 Å². The van der Waals surface area contributed by atoms with E-state index in [0.717, 1.165) is 12.1 Å². The summed E-state index contributed by atoms with van der Waals surface area (Å²) in [6.45, 7) is 3.32. The van der Waals surface area contributed by atoms with Crippen LogP contribution in [0.3, 0.4) is 0 Å². The average molecular weight is 414 g/mol. The second-order valence-corrected chi connectivity index (χ2v) is 5.84. The summed E-state index contributed by atoms with van der Waals surface area (Å²) in [5.74, 6) is -3.64. The van der Waals surface area contributed by atoms with Crippen LogP contribution in [0.5, 0.6) is 0 Å². The van der Waals surface area contributed by atoms with Gasteiger partial charge in [-0.15, -0.1) is 0 Å². The molecule has 0 aliphatic rings. The topological polar surface area (TPSA) is 106 Å². The quantitative estimate of drug-likeness (QED) is 0.204. The SMILES string of the molecule is CC=C(NCc1ccc(F)c(F)c1)NC(=O)/C(NCCOCCO)=C(\C)C(=N)F. The van der Waals surface area contributed by atoms with Gasteiger partial charge < -0.3 is 25.8 Å². The van der Waals surface area contributed by atoms with Gasteiger partial charge in [0.2, 0.25) is 5.97 Å². The van der Waals surface area contributed by atoms with Gasteiger partial charge in [-0.2, -0.15) is 4.39 Å². The molecule has 0 spiro atoms. The van der Waals surface area contributed by atoms with Crippen LogP contribution in [-0.2, 0) is 16.1 Å². The number of aliphatic hydroxyl groups excluding tert-OH is 1. The minimum atomic E-state index is -1.27. The molecule has 0 aromatic heterocycles. The first-order chi connectivity index (χ1) is 13.8. The highest BCUT2D eigenvalue weighted by molar-refractivity contribution is 6.03. The fourth-order valence-electron chi connectivity index (χ4n) is 2.16. The zero-order valence-electron chi connectivity index (χ0n) is 16.2. The van der Waals surface area contributed by atoms with Gasteiger partial charge in [-0.3, -0.25) is 10.2 Å². The van der Waals surface area contributed by atoms with E-state index in [1.54, 1.807) is 6.92 Å². The van der Waals surface area contributed by atoms with Crippen molar-refractivity contribution in [3.63, 3.8) is 0 Å². The maximum Gasteiger partial charge on any atom is 0.273 e. The monoisotopic (exact) mass is 414 g/mol. The lowest BCUT2D eigenvalue weighted by Crippen LogP contribution is -2.38. The molecule has 1 amide bonds. The zero-order chi connectivity index (χ0) is 21.8. The standard InChI is InChI=1S/C19H25F3N4O3/c1-3-16(25-11-13-4-5-14(20)15(21)10-13)26-19(28)17(12(2)18(22)23)24-6-8-29-9-7-27/h3-5,10,23-25,27H,6-9,11H2,1-2H3,(H,26,28)/b16-3?,17-12-,23-18?. The van der Waals surface area contributed by atoms with Crippen LogP contribution in [0.15, 0.2) is 41.4 Å². The second kappa shape index (κ2) is 12.6. The molecule has 0 bridgehead atoms. The number of hydrogen-bond acceptors (Lipinski definition) is 6. The third-order valence-corrected chi connectivity index (χ3v) is 3.72. The van der Waals surface area contributed by atoms with Crippen molar-refractivity contribution in [2.24, 2.45) is 0 Å². The molecule has 0 saturated heterocycles. The van der Waals surface area contributed by atoms with Gasteiger partial charge in [0, 0.05) is 18.7 Å². The molecule has 0 fully saturated rings. The zero-order valence-corrected chi connectivity index (χ0v) is 16.2. The molecule has 0 heterocycles. The summed E-state index contributed by atoms with van der Waals surface area (Å²) < 4.78 is 44.7. The Morgan fingerprint density at radius 1 is 1.24 bits per heavy atom. The number of carbonyl (C=O) groups excluding carboxylic acids is 1. The van der Waals surface area contributed by atoms with E-state index < -0.39 is 23.5 Å². The Bertz CT molecular complexity index is 782. The van der Waals surface area contributed by atoms with E-state index in [1.165, 1.54) is 19.1 Å². The lowest BCUT2D eigenvalue weighted by molar-refractivity contribution is -0.117. The molecule has 0 saturated carbocycles. The number of amides is 1. The van der Waals surface area contributed by atoms with Gasteiger partial charge in [0.15, 0.2) is 11.6 Å². The van der Waals surface area contributed by atoms with E-state index >= 15 is 0 Å². The van der Waals surface area contributed by atoms with E-state index in [1.807, 2.05) is 0 Å². The molecule has 0 atom stereocenters. The van der Waals surface area contributed by atoms with Crippen molar-refractivity contribution in [2.75, 3.05) is 26.4 Å². The molecule has 1 aromatic rings. The van der Waals surface area contributed by atoms with Crippen molar-refractivity contribution in [3.8, 4) is 0 Å². The number of ether oxygens (including phenoxy) is 1. The van der Waals surface area contributed by atoms with Gasteiger partial charge in [-0.1, -0.05) is 6.07 Å². The fourth-order valence-corrected chi connectivity index (χ4v) is 2.16. The lowest BCUT2D eigenvalue weighted by Gasteiger charge is -2.17. The van der Waals surface area contributed by atoms with Crippen LogP contribution in [0.25, 0.3) is 0 Å². The molecular weight excluding hydrogens is 389 g/mol. The van der Waals surface area contributed by atoms with E-state index in [2.05, 4.69) is 16.0 Å². The van der Waals surface area contributed by atoms with Crippen molar-refractivity contribution in [1.82, 2.24) is 16.0 Å². The largest absolute Gasteiger partial charge is 0.394 e. The van der Waals surface area contributed by atoms with E-state index in [0.29, 0.717) is 5.56 Å². The van der Waals surface area contributed by atoms with Gasteiger partial charge in [0.05, 0.1) is 19.8 Å². The molecule has 160 valence electrons. The Morgan fingerprint density at radius 3 is 2.55 bits per heavy atom. The third kappa shape index (κ3) is 8.36. The minimum Gasteiger partial charge on any atom is -0.394 e. The highest BCUT2D eigenvalue weighted by Gasteiger charge is 2.16. The highest BCUT2D eigenvalue weighted by atomic mass is 19.2. The first-order valence-electron chi connectivity index (χ1n) is 8.83. The van der Waals surface area contributed by atoms with Crippen molar-refractivity contribution in [1.29, 1.82) is 5.41 Å². The molecule has 1 aromatic carbocycles. The molecule has 0 aliphatic heterocycles. The molecule has 1 rings (SSSR count). The summed E-state index contributed by atoms with van der Waals surface area (Å²) in [6.07, 6.45) is 1.54. The maximum atomic E-state index is 13.3. The maximum absolute atomic E-state index is 13.3. The van der Waals surface area contributed by atoms with E-state index in [-0.39, 0.29) is 50.0 Å². The summed E-state index contributed by atoms with van der Waals surface area (Å²) in [7, 11) is 0. The summed E-state index contributed by atoms with van der Waals surface area (Å²) in [5.41, 5.74) is 0.105. The summed E-state index contributed by atoms with van der Waals surface area (Å²) >= 11 is 0. The second-order valence-electron chi connectivity index (χ2n) is 5.84. The minimum absolute atomic E-state index is 0.108. The van der Waals surface area contributed by atoms with E-state index in [9.17, 15) is 18.0 Å². The van der Waals surface area contributed by atoms with Crippen LogP contribution in [0.4, 0.5) is 13.2 Å². The van der Waals surface area contributed by atoms with Crippen LogP contribution < -0.4 is 16.0 Å². The Labute approximate surface area is 167 Å². The molecule has 10 heteroatoms. The smallest absolute Gasteiger partial charge is 0.273 e. The summed E-state index contributed by atoms with van der Waals surface area (Å²) in [4.78, 5) is 12.5. The van der Waals surface area contributed by atoms with Crippen molar-refractivity contribution in [2.45, 2.75) is 20.4 Å². The van der Waals surface area contributed by atoms with Gasteiger partial charge in [0.1, 0.15) is 11.5 Å². The molecule has 0 unspecified atom stereocenters. The molecule has 0 radical (unpaired) electrons. The first kappa shape index (κ1) is 24.2. The number of rotatable bonds is 12. The predicted molar refractivity (Wildman–Crippen MR) is 103 cm³/mol. The van der Waals surface area contributed by atoms with Crippen LogP contribution in [0.2, 0.25) is 0 Å². The number of halogens is 3. The number of nitrogens with one attached hydrogen (secondary N) is 4. The number of allylic oxidation sites excluding steroid dienone is 2. The van der Waals surface area contributed by atoms with E-state index in [4.69, 9.17) is 15.3 Å². The molecule has 0 aliphatic carbocycles. The third-order valence-electron chi connectivity index (χ3n) is 3.72. The number of hydrogen-bond donors (Lipinski definition) is 5. The normalized spacial score (nSPS) is 12.3. The van der Waals surface area contributed by atoms with Gasteiger partial charge in [-0.25, -0.2) is 8.78 Å². The average Bonchev–Trinajstić information content (AvgIpc) is 2.69. The van der Waals surface area contributed by atoms with Crippen LogP contribution in [0.1, 0.15) is 19.4 Å². The van der Waals surface area contributed by atoms with Gasteiger partial charge >= 0.3 is 0 Å². The Hall–Kier alpha value is -2.85. The fraction of sp³-hybridized carbons (Fsp3) is 0.368. The van der Waals surface area contributed by atoms with Crippen molar-refractivity contribution < 1.29 is 27.8 Å². The van der Waals surface area contributed by atoms with Gasteiger partial charge in [-0.05, 0) is 37.6 Å². The Balaban J connectivity index is 2.75. The Kier molecular flexibility index (Phi) is 10.5. The van der Waals surface area contributed by atoms with Crippen LogP contribution in [0, 0.1) is 17.0 Å².